The maximum absolute atomic E-state index is 12.7. The molecule has 1 atom stereocenters. The number of fused-ring (bicyclic) bond motifs is 1. The van der Waals surface area contributed by atoms with Crippen molar-refractivity contribution >= 4 is 11.6 Å². The van der Waals surface area contributed by atoms with E-state index in [2.05, 4.69) is 9.88 Å². The molecule has 1 unspecified atom stereocenters. The Bertz CT molecular complexity index is 971. The molecule has 4 rings (SSSR count). The molecular weight excluding hydrogens is 417 g/mol. The van der Waals surface area contributed by atoms with Gasteiger partial charge in [-0.15, -0.1) is 0 Å². The summed E-state index contributed by atoms with van der Waals surface area (Å²) < 4.78 is 45.6. The Kier molecular flexibility index (Phi) is 5.24. The van der Waals surface area contributed by atoms with Gasteiger partial charge >= 0.3 is 18.0 Å². The fourth-order valence-electron chi connectivity index (χ4n) is 4.25. The van der Waals surface area contributed by atoms with Gasteiger partial charge in [-0.1, -0.05) is 12.1 Å². The van der Waals surface area contributed by atoms with Gasteiger partial charge in [0.05, 0.1) is 12.1 Å². The van der Waals surface area contributed by atoms with Gasteiger partial charge in [-0.2, -0.15) is 13.2 Å². The summed E-state index contributed by atoms with van der Waals surface area (Å²) in [6.45, 7) is 4.23. The van der Waals surface area contributed by atoms with Crippen LogP contribution in [0, 0.1) is 16.0 Å². The predicted molar refractivity (Wildman–Crippen MR) is 103 cm³/mol. The van der Waals surface area contributed by atoms with E-state index in [4.69, 9.17) is 4.74 Å². The van der Waals surface area contributed by atoms with Crippen LogP contribution in [0.1, 0.15) is 35.7 Å². The molecular formula is C20H21F3N4O4. The summed E-state index contributed by atoms with van der Waals surface area (Å²) in [5, 5.41) is 10.8. The average molecular weight is 438 g/mol. The van der Waals surface area contributed by atoms with Crippen LogP contribution < -0.4 is 4.74 Å². The van der Waals surface area contributed by atoms with Gasteiger partial charge in [0.25, 0.3) is 0 Å². The van der Waals surface area contributed by atoms with Crippen molar-refractivity contribution in [1.29, 1.82) is 0 Å². The molecule has 0 amide bonds. The summed E-state index contributed by atoms with van der Waals surface area (Å²) in [5.41, 5.74) is -1.06. The van der Waals surface area contributed by atoms with Gasteiger partial charge in [-0.05, 0) is 49.9 Å². The van der Waals surface area contributed by atoms with Crippen LogP contribution in [0.5, 0.6) is 6.01 Å². The van der Waals surface area contributed by atoms with Crippen LogP contribution in [0.3, 0.4) is 0 Å². The lowest BCUT2D eigenvalue weighted by molar-refractivity contribution is -0.389. The quantitative estimate of drug-likeness (QED) is 0.403. The number of carbonyl (C=O) groups is 1. The number of alkyl halides is 3. The average Bonchev–Trinajstić information content (AvgIpc) is 3.22. The Morgan fingerprint density at radius 2 is 1.94 bits per heavy atom. The first-order valence-electron chi connectivity index (χ1n) is 9.88. The number of carbonyl (C=O) groups excluding carboxylic acids is 1. The molecule has 8 nitrogen and oxygen atoms in total. The molecule has 166 valence electrons. The number of benzene rings is 1. The predicted octanol–water partition coefficient (Wildman–Crippen LogP) is 3.56. The highest BCUT2D eigenvalue weighted by molar-refractivity contribution is 5.97. The number of hydrogen-bond donors (Lipinski definition) is 0. The van der Waals surface area contributed by atoms with Gasteiger partial charge in [0.15, 0.2) is 5.78 Å². The van der Waals surface area contributed by atoms with E-state index in [0.29, 0.717) is 44.6 Å². The topological polar surface area (TPSA) is 90.5 Å². The number of ether oxygens (including phenoxy) is 1. The largest absolute Gasteiger partial charge is 0.436 e. The standard InChI is InChI=1S/C20H21F3N4O4/c1-19(12-26-10-16(27(29)30)24-18(26)31-19)11-25-8-6-14(7-9-25)17(28)13-2-4-15(5-3-13)20(21,22)23/h2-5,10,14H,6-9,11-12H2,1H3. The van der Waals surface area contributed by atoms with Crippen molar-refractivity contribution in [3.63, 3.8) is 0 Å². The Labute approximate surface area is 175 Å². The van der Waals surface area contributed by atoms with Crippen molar-refractivity contribution < 1.29 is 27.6 Å². The fourth-order valence-corrected chi connectivity index (χ4v) is 4.25. The number of rotatable bonds is 5. The second kappa shape index (κ2) is 7.63. The molecule has 0 bridgehead atoms. The second-order valence-corrected chi connectivity index (χ2v) is 8.31. The molecule has 0 aliphatic carbocycles. The van der Waals surface area contributed by atoms with Gasteiger partial charge in [-0.25, -0.2) is 0 Å². The summed E-state index contributed by atoms with van der Waals surface area (Å²) in [7, 11) is 0. The van der Waals surface area contributed by atoms with Crippen LogP contribution >= 0.6 is 0 Å². The highest BCUT2D eigenvalue weighted by Gasteiger charge is 2.42. The van der Waals surface area contributed by atoms with E-state index in [1.807, 2.05) is 6.92 Å². The van der Waals surface area contributed by atoms with Crippen LogP contribution in [0.2, 0.25) is 0 Å². The fraction of sp³-hybridized carbons (Fsp3) is 0.500. The molecule has 0 radical (unpaired) electrons. The molecule has 2 aromatic rings. The van der Waals surface area contributed by atoms with Gasteiger partial charge in [0, 0.05) is 23.0 Å². The van der Waals surface area contributed by atoms with Crippen molar-refractivity contribution in [3.8, 4) is 6.01 Å². The molecule has 1 fully saturated rings. The Hall–Kier alpha value is -2.95. The third-order valence-electron chi connectivity index (χ3n) is 5.77. The number of imidazole rings is 1. The van der Waals surface area contributed by atoms with Crippen molar-refractivity contribution in [1.82, 2.24) is 14.5 Å². The minimum absolute atomic E-state index is 0.135. The molecule has 0 saturated carbocycles. The lowest BCUT2D eigenvalue weighted by Crippen LogP contribution is -2.48. The summed E-state index contributed by atoms with van der Waals surface area (Å²) in [6, 6.07) is 4.58. The zero-order valence-electron chi connectivity index (χ0n) is 16.8. The van der Waals surface area contributed by atoms with E-state index in [9.17, 15) is 28.1 Å². The number of Topliss-reactive ketones (excluding diaryl/α,β-unsaturated/α-hetero) is 1. The summed E-state index contributed by atoms with van der Waals surface area (Å²) >= 11 is 0. The zero-order valence-corrected chi connectivity index (χ0v) is 16.8. The first-order valence-corrected chi connectivity index (χ1v) is 9.88. The van der Waals surface area contributed by atoms with Crippen molar-refractivity contribution in [2.24, 2.45) is 5.92 Å². The van der Waals surface area contributed by atoms with E-state index >= 15 is 0 Å². The summed E-state index contributed by atoms with van der Waals surface area (Å²) in [5.74, 6) is -0.618. The van der Waals surface area contributed by atoms with Crippen molar-refractivity contribution in [3.05, 3.63) is 51.7 Å². The number of halogens is 3. The minimum Gasteiger partial charge on any atom is -0.436 e. The molecule has 1 saturated heterocycles. The van der Waals surface area contributed by atoms with Crippen molar-refractivity contribution in [2.75, 3.05) is 19.6 Å². The Morgan fingerprint density at radius 1 is 1.29 bits per heavy atom. The van der Waals surface area contributed by atoms with Crippen LogP contribution in [0.4, 0.5) is 19.0 Å². The van der Waals surface area contributed by atoms with Crippen LogP contribution in [0.15, 0.2) is 30.5 Å². The van der Waals surface area contributed by atoms with Gasteiger partial charge in [0.2, 0.25) is 0 Å². The molecule has 3 heterocycles. The molecule has 0 N–H and O–H groups in total. The highest BCUT2D eigenvalue weighted by atomic mass is 19.4. The van der Waals surface area contributed by atoms with E-state index in [-0.39, 0.29) is 23.5 Å². The normalized spacial score (nSPS) is 22.2. The maximum atomic E-state index is 12.7. The van der Waals surface area contributed by atoms with E-state index < -0.39 is 22.3 Å². The zero-order chi connectivity index (χ0) is 22.4. The lowest BCUT2D eigenvalue weighted by atomic mass is 9.88. The smallest absolute Gasteiger partial charge is 0.416 e. The Balaban J connectivity index is 1.31. The first kappa shape index (κ1) is 21.3. The van der Waals surface area contributed by atoms with E-state index in [0.717, 1.165) is 12.1 Å². The van der Waals surface area contributed by atoms with Crippen LogP contribution in [0.25, 0.3) is 0 Å². The van der Waals surface area contributed by atoms with Gasteiger partial charge < -0.3 is 14.9 Å². The summed E-state index contributed by atoms with van der Waals surface area (Å²) in [4.78, 5) is 29.0. The number of likely N-dealkylation sites (tertiary alicyclic amines) is 1. The molecule has 0 spiro atoms. The van der Waals surface area contributed by atoms with Crippen LogP contribution in [-0.4, -0.2) is 50.4 Å². The van der Waals surface area contributed by atoms with Crippen LogP contribution in [-0.2, 0) is 12.7 Å². The third-order valence-corrected chi connectivity index (χ3v) is 5.77. The molecule has 31 heavy (non-hydrogen) atoms. The van der Waals surface area contributed by atoms with Gasteiger partial charge in [-0.3, -0.25) is 14.3 Å². The number of piperidine rings is 1. The monoisotopic (exact) mass is 438 g/mol. The Morgan fingerprint density at radius 3 is 2.48 bits per heavy atom. The number of nitrogens with zero attached hydrogens (tertiary/aromatic N) is 4. The van der Waals surface area contributed by atoms with E-state index in [1.54, 1.807) is 4.57 Å². The number of nitro groups is 1. The highest BCUT2D eigenvalue weighted by Crippen LogP contribution is 2.33. The lowest BCUT2D eigenvalue weighted by Gasteiger charge is -2.35. The molecule has 1 aromatic heterocycles. The van der Waals surface area contributed by atoms with Crippen molar-refractivity contribution in [2.45, 2.75) is 38.1 Å². The molecule has 1 aromatic carbocycles. The minimum atomic E-state index is -4.42. The SMILES string of the molecule is CC1(CN2CCC(C(=O)c3ccc(C(F)(F)F)cc3)CC2)Cn2cc([N+](=O)[O-])nc2O1. The molecule has 2 aliphatic rings. The maximum Gasteiger partial charge on any atom is 0.416 e. The third kappa shape index (κ3) is 4.41. The molecule has 2 aliphatic heterocycles. The number of ketones is 1. The first-order chi connectivity index (χ1) is 14.5. The van der Waals surface area contributed by atoms with E-state index in [1.165, 1.54) is 18.3 Å². The summed E-state index contributed by atoms with van der Waals surface area (Å²) in [6.07, 6.45) is -1.86. The number of hydrogen-bond acceptors (Lipinski definition) is 6. The second-order valence-electron chi connectivity index (χ2n) is 8.31. The number of aromatic nitrogens is 2. The van der Waals surface area contributed by atoms with Gasteiger partial charge in [0.1, 0.15) is 11.8 Å². The molecule has 11 heteroatoms.